The van der Waals surface area contributed by atoms with Crippen LogP contribution in [0.5, 0.6) is 0 Å². The molecule has 1 aliphatic rings. The highest BCUT2D eigenvalue weighted by molar-refractivity contribution is 5.91. The first-order valence-corrected chi connectivity index (χ1v) is 9.01. The van der Waals surface area contributed by atoms with Crippen molar-refractivity contribution in [1.82, 2.24) is 0 Å². The van der Waals surface area contributed by atoms with Crippen LogP contribution in [0.25, 0.3) is 0 Å². The van der Waals surface area contributed by atoms with Crippen LogP contribution in [0.3, 0.4) is 0 Å². The Hall–Kier alpha value is -1.59. The molecule has 0 aromatic rings. The first-order chi connectivity index (χ1) is 11.5. The van der Waals surface area contributed by atoms with Crippen LogP contribution < -0.4 is 0 Å². The van der Waals surface area contributed by atoms with E-state index in [1.54, 1.807) is 0 Å². The van der Waals surface area contributed by atoms with Crippen molar-refractivity contribution < 1.29 is 29.0 Å². The number of carboxylic acids is 1. The van der Waals surface area contributed by atoms with Crippen molar-refractivity contribution in [2.45, 2.75) is 83.2 Å². The van der Waals surface area contributed by atoms with Crippen LogP contribution in [-0.4, -0.2) is 35.7 Å². The molecule has 0 amide bonds. The van der Waals surface area contributed by atoms with Crippen LogP contribution in [0.4, 0.5) is 0 Å². The molecule has 2 atom stereocenters. The number of rotatable bonds is 12. The van der Waals surface area contributed by atoms with Crippen LogP contribution in [0.2, 0.25) is 0 Å². The van der Waals surface area contributed by atoms with E-state index in [-0.39, 0.29) is 12.8 Å². The second kappa shape index (κ2) is 10.3. The zero-order chi connectivity index (χ0) is 18.0. The van der Waals surface area contributed by atoms with E-state index in [0.29, 0.717) is 12.8 Å². The zero-order valence-corrected chi connectivity index (χ0v) is 14.8. The van der Waals surface area contributed by atoms with Crippen LogP contribution in [0, 0.1) is 5.92 Å². The maximum absolute atomic E-state index is 12.1. The summed E-state index contributed by atoms with van der Waals surface area (Å²) in [5.74, 6) is -3.46. The smallest absolute Gasteiger partial charge is 0.351 e. The normalized spacial score (nSPS) is 21.3. The summed E-state index contributed by atoms with van der Waals surface area (Å²) in [5, 5.41) is 9.53. The molecule has 0 saturated carbocycles. The summed E-state index contributed by atoms with van der Waals surface area (Å²) in [4.78, 5) is 35.2. The number of hydrogen-bond donors (Lipinski definition) is 1. The summed E-state index contributed by atoms with van der Waals surface area (Å²) < 4.78 is 9.87. The Kier molecular flexibility index (Phi) is 8.79. The fourth-order valence-electron chi connectivity index (χ4n) is 3.34. The first kappa shape index (κ1) is 20.5. The van der Waals surface area contributed by atoms with Gasteiger partial charge in [-0.1, -0.05) is 58.3 Å². The number of unbranched alkanes of at least 4 members (excludes halogenated alkanes) is 7. The number of hydrogen-bond acceptors (Lipinski definition) is 5. The molecule has 6 nitrogen and oxygen atoms in total. The van der Waals surface area contributed by atoms with Gasteiger partial charge in [0, 0.05) is 12.8 Å². The second-order valence-corrected chi connectivity index (χ2v) is 6.51. The Balaban J connectivity index is 2.52. The topological polar surface area (TPSA) is 89.9 Å². The number of carbonyl (C=O) groups is 3. The van der Waals surface area contributed by atoms with Gasteiger partial charge in [0.2, 0.25) is 5.60 Å². The summed E-state index contributed by atoms with van der Waals surface area (Å²) in [7, 11) is 1.19. The molecule has 0 aromatic heterocycles. The van der Waals surface area contributed by atoms with Gasteiger partial charge in [0.25, 0.3) is 0 Å². The summed E-state index contributed by atoms with van der Waals surface area (Å²) in [6, 6.07) is 0. The number of aliphatic carboxylic acids is 1. The summed E-state index contributed by atoms with van der Waals surface area (Å²) in [6.45, 7) is 2.18. The molecule has 0 bridgehead atoms. The van der Waals surface area contributed by atoms with Crippen molar-refractivity contribution >= 4 is 17.9 Å². The summed E-state index contributed by atoms with van der Waals surface area (Å²) >= 11 is 0. The minimum absolute atomic E-state index is 0.0519. The van der Waals surface area contributed by atoms with Gasteiger partial charge < -0.3 is 14.6 Å². The van der Waals surface area contributed by atoms with Crippen molar-refractivity contribution in [3.8, 4) is 0 Å². The van der Waals surface area contributed by atoms with Gasteiger partial charge in [-0.2, -0.15) is 0 Å². The molecular weight excluding hydrogens is 312 g/mol. The van der Waals surface area contributed by atoms with Crippen LogP contribution in [-0.2, 0) is 23.9 Å². The van der Waals surface area contributed by atoms with Crippen molar-refractivity contribution in [2.75, 3.05) is 7.11 Å². The lowest BCUT2D eigenvalue weighted by atomic mass is 9.81. The molecule has 0 aromatic carbocycles. The van der Waals surface area contributed by atoms with E-state index in [9.17, 15) is 19.5 Å². The predicted molar refractivity (Wildman–Crippen MR) is 88.4 cm³/mol. The van der Waals surface area contributed by atoms with E-state index in [1.807, 2.05) is 0 Å². The van der Waals surface area contributed by atoms with E-state index < -0.39 is 29.4 Å². The molecule has 0 unspecified atom stereocenters. The lowest BCUT2D eigenvalue weighted by Gasteiger charge is -2.30. The van der Waals surface area contributed by atoms with Gasteiger partial charge in [-0.05, 0) is 6.42 Å². The van der Waals surface area contributed by atoms with E-state index >= 15 is 0 Å². The SMILES string of the molecule is CCCCCCCCCC[C@H](C(=O)O)[C@]1(C(=O)OC)CCC(=O)O1. The zero-order valence-electron chi connectivity index (χ0n) is 14.8. The molecular formula is C18H30O6. The van der Waals surface area contributed by atoms with Gasteiger partial charge in [0.1, 0.15) is 5.92 Å². The summed E-state index contributed by atoms with van der Waals surface area (Å²) in [5.41, 5.74) is -1.65. The summed E-state index contributed by atoms with van der Waals surface area (Å²) in [6.07, 6.45) is 9.19. The molecule has 1 rings (SSSR count). The molecule has 1 saturated heterocycles. The van der Waals surface area contributed by atoms with Crippen LogP contribution in [0.15, 0.2) is 0 Å². The Morgan fingerprint density at radius 3 is 2.21 bits per heavy atom. The Morgan fingerprint density at radius 1 is 1.17 bits per heavy atom. The Bertz CT molecular complexity index is 433. The largest absolute Gasteiger partial charge is 0.481 e. The van der Waals surface area contributed by atoms with E-state index in [4.69, 9.17) is 9.47 Å². The quantitative estimate of drug-likeness (QED) is 0.431. The van der Waals surface area contributed by atoms with E-state index in [1.165, 1.54) is 32.8 Å². The number of carboxylic acid groups (broad SMARTS) is 1. The third kappa shape index (κ3) is 5.49. The minimum Gasteiger partial charge on any atom is -0.481 e. The van der Waals surface area contributed by atoms with Crippen LogP contribution >= 0.6 is 0 Å². The Labute approximate surface area is 143 Å². The molecule has 1 aliphatic heterocycles. The molecule has 24 heavy (non-hydrogen) atoms. The van der Waals surface area contributed by atoms with Gasteiger partial charge in [-0.25, -0.2) is 4.79 Å². The standard InChI is InChI=1S/C18H30O6/c1-3-4-5-6-7-8-9-10-11-14(16(20)21)18(17(22)23-2)13-12-15(19)24-18/h14H,3-13H2,1-2H3,(H,20,21)/t14-,18+/m1/s1. The maximum Gasteiger partial charge on any atom is 0.351 e. The lowest BCUT2D eigenvalue weighted by molar-refractivity contribution is -0.184. The van der Waals surface area contributed by atoms with Gasteiger partial charge in [0.05, 0.1) is 7.11 Å². The molecule has 0 spiro atoms. The average Bonchev–Trinajstić information content (AvgIpc) is 2.95. The molecule has 0 aliphatic carbocycles. The highest BCUT2D eigenvalue weighted by Gasteiger charge is 2.56. The van der Waals surface area contributed by atoms with Gasteiger partial charge in [-0.3, -0.25) is 9.59 Å². The Morgan fingerprint density at radius 2 is 1.75 bits per heavy atom. The fourth-order valence-corrected chi connectivity index (χ4v) is 3.34. The molecule has 1 N–H and O–H groups in total. The third-order valence-corrected chi connectivity index (χ3v) is 4.73. The van der Waals surface area contributed by atoms with Gasteiger partial charge in [0.15, 0.2) is 0 Å². The molecule has 0 radical (unpaired) electrons. The van der Waals surface area contributed by atoms with Crippen molar-refractivity contribution in [3.05, 3.63) is 0 Å². The van der Waals surface area contributed by atoms with Crippen molar-refractivity contribution in [2.24, 2.45) is 5.92 Å². The maximum atomic E-state index is 12.1. The van der Waals surface area contributed by atoms with Gasteiger partial charge in [-0.15, -0.1) is 0 Å². The number of methoxy groups -OCH3 is 1. The van der Waals surface area contributed by atoms with Gasteiger partial charge >= 0.3 is 17.9 Å². The third-order valence-electron chi connectivity index (χ3n) is 4.73. The van der Waals surface area contributed by atoms with E-state index in [2.05, 4.69) is 6.92 Å². The van der Waals surface area contributed by atoms with Crippen molar-refractivity contribution in [3.63, 3.8) is 0 Å². The first-order valence-electron chi connectivity index (χ1n) is 9.01. The highest BCUT2D eigenvalue weighted by Crippen LogP contribution is 2.38. The lowest BCUT2D eigenvalue weighted by Crippen LogP contribution is -2.49. The second-order valence-electron chi connectivity index (χ2n) is 6.51. The highest BCUT2D eigenvalue weighted by atomic mass is 16.6. The van der Waals surface area contributed by atoms with E-state index in [0.717, 1.165) is 19.3 Å². The minimum atomic E-state index is -1.65. The van der Waals surface area contributed by atoms with Crippen LogP contribution in [0.1, 0.15) is 77.6 Å². The fraction of sp³-hybridized carbons (Fsp3) is 0.833. The molecule has 6 heteroatoms. The number of esters is 2. The van der Waals surface area contributed by atoms with Crippen molar-refractivity contribution in [1.29, 1.82) is 0 Å². The predicted octanol–water partition coefficient (Wildman–Crippen LogP) is 3.47. The molecule has 138 valence electrons. The molecule has 1 fully saturated rings. The number of ether oxygens (including phenoxy) is 2. The monoisotopic (exact) mass is 342 g/mol. The average molecular weight is 342 g/mol. The number of cyclic esters (lactones) is 1. The number of carbonyl (C=O) groups excluding carboxylic acids is 2. The molecule has 1 heterocycles.